The average molecular weight is 439 g/mol. The van der Waals surface area contributed by atoms with Crippen molar-refractivity contribution in [3.05, 3.63) is 76.4 Å². The summed E-state index contributed by atoms with van der Waals surface area (Å²) in [6.07, 6.45) is 0. The summed E-state index contributed by atoms with van der Waals surface area (Å²) in [4.78, 5) is 29.0. The lowest BCUT2D eigenvalue weighted by Crippen LogP contribution is -2.50. The zero-order valence-corrected chi connectivity index (χ0v) is 16.7. The predicted octanol–water partition coefficient (Wildman–Crippen LogP) is 3.44. The number of aromatic nitrogens is 2. The molecule has 0 aliphatic carbocycles. The number of hydrogen-bond acceptors (Lipinski definition) is 3. The van der Waals surface area contributed by atoms with Gasteiger partial charge in [-0.25, -0.2) is 0 Å². The Hall–Kier alpha value is -2.93. The Morgan fingerprint density at radius 1 is 0.857 bits per heavy atom. The summed E-state index contributed by atoms with van der Waals surface area (Å²) in [6, 6.07) is 18.9. The molecule has 3 aromatic rings. The van der Waals surface area contributed by atoms with Crippen LogP contribution in [0.1, 0.15) is 20.8 Å². The summed E-state index contributed by atoms with van der Waals surface area (Å²) >= 11 is 3.43. The number of benzene rings is 2. The van der Waals surface area contributed by atoms with Crippen molar-refractivity contribution < 1.29 is 9.59 Å². The number of piperazine rings is 1. The Labute approximate surface area is 171 Å². The van der Waals surface area contributed by atoms with E-state index in [0.717, 1.165) is 15.7 Å². The van der Waals surface area contributed by atoms with Crippen molar-refractivity contribution in [3.8, 4) is 11.3 Å². The van der Waals surface area contributed by atoms with Gasteiger partial charge in [0.15, 0.2) is 0 Å². The molecular weight excluding hydrogens is 420 g/mol. The van der Waals surface area contributed by atoms with Gasteiger partial charge in [0.1, 0.15) is 5.69 Å². The van der Waals surface area contributed by atoms with Crippen molar-refractivity contribution in [2.75, 3.05) is 26.2 Å². The fraction of sp³-hybridized carbons (Fsp3) is 0.190. The number of H-pyrrole nitrogens is 1. The van der Waals surface area contributed by atoms with E-state index in [1.54, 1.807) is 21.9 Å². The van der Waals surface area contributed by atoms with Crippen molar-refractivity contribution in [2.45, 2.75) is 0 Å². The van der Waals surface area contributed by atoms with Crippen LogP contribution in [0.5, 0.6) is 0 Å². The molecule has 1 saturated heterocycles. The lowest BCUT2D eigenvalue weighted by Gasteiger charge is -2.34. The van der Waals surface area contributed by atoms with Gasteiger partial charge < -0.3 is 9.80 Å². The Kier molecular flexibility index (Phi) is 5.25. The van der Waals surface area contributed by atoms with E-state index in [1.165, 1.54) is 0 Å². The predicted molar refractivity (Wildman–Crippen MR) is 110 cm³/mol. The number of carbonyl (C=O) groups is 2. The van der Waals surface area contributed by atoms with Crippen LogP contribution in [-0.4, -0.2) is 58.0 Å². The molecule has 1 aliphatic heterocycles. The molecular formula is C21H19BrN4O2. The van der Waals surface area contributed by atoms with E-state index in [0.29, 0.717) is 37.4 Å². The van der Waals surface area contributed by atoms with E-state index in [4.69, 9.17) is 0 Å². The van der Waals surface area contributed by atoms with Crippen LogP contribution in [0.25, 0.3) is 11.3 Å². The molecule has 0 spiro atoms. The van der Waals surface area contributed by atoms with Crippen LogP contribution in [0.15, 0.2) is 65.1 Å². The largest absolute Gasteiger partial charge is 0.335 e. The third-order valence-corrected chi connectivity index (χ3v) is 5.53. The minimum atomic E-state index is -0.0947. The smallest absolute Gasteiger partial charge is 0.272 e. The number of halogens is 1. The molecule has 6 nitrogen and oxygen atoms in total. The van der Waals surface area contributed by atoms with Gasteiger partial charge in [-0.2, -0.15) is 5.10 Å². The SMILES string of the molecule is O=C(c1cc(-c2ccccc2)n[nH]1)N1CCN(C(=O)c2ccccc2Br)CC1. The molecule has 1 fully saturated rings. The summed E-state index contributed by atoms with van der Waals surface area (Å²) < 4.78 is 0.782. The Balaban J connectivity index is 1.40. The summed E-state index contributed by atoms with van der Waals surface area (Å²) in [5, 5.41) is 7.09. The van der Waals surface area contributed by atoms with E-state index in [1.807, 2.05) is 48.5 Å². The highest BCUT2D eigenvalue weighted by Crippen LogP contribution is 2.20. The van der Waals surface area contributed by atoms with Crippen molar-refractivity contribution in [1.82, 2.24) is 20.0 Å². The first kappa shape index (κ1) is 18.4. The quantitative estimate of drug-likeness (QED) is 0.680. The summed E-state index contributed by atoms with van der Waals surface area (Å²) in [5.41, 5.74) is 2.81. The van der Waals surface area contributed by atoms with Crippen LogP contribution in [-0.2, 0) is 0 Å². The van der Waals surface area contributed by atoms with Gasteiger partial charge >= 0.3 is 0 Å². The van der Waals surface area contributed by atoms with Gasteiger partial charge in [0.05, 0.1) is 11.3 Å². The monoisotopic (exact) mass is 438 g/mol. The van der Waals surface area contributed by atoms with Crippen LogP contribution in [0.4, 0.5) is 0 Å². The van der Waals surface area contributed by atoms with E-state index < -0.39 is 0 Å². The fourth-order valence-electron chi connectivity index (χ4n) is 3.28. The van der Waals surface area contributed by atoms with E-state index >= 15 is 0 Å². The zero-order chi connectivity index (χ0) is 19.5. The number of nitrogens with zero attached hydrogens (tertiary/aromatic N) is 3. The van der Waals surface area contributed by atoms with Gasteiger partial charge in [-0.05, 0) is 34.1 Å². The van der Waals surface area contributed by atoms with Crippen molar-refractivity contribution >= 4 is 27.7 Å². The summed E-state index contributed by atoms with van der Waals surface area (Å²) in [5.74, 6) is -0.116. The minimum absolute atomic E-state index is 0.0209. The van der Waals surface area contributed by atoms with Crippen LogP contribution in [0.2, 0.25) is 0 Å². The molecule has 0 atom stereocenters. The maximum Gasteiger partial charge on any atom is 0.272 e. The van der Waals surface area contributed by atoms with E-state index in [9.17, 15) is 9.59 Å². The molecule has 1 aliphatic rings. The van der Waals surface area contributed by atoms with Gasteiger partial charge in [-0.3, -0.25) is 14.7 Å². The first-order chi connectivity index (χ1) is 13.6. The minimum Gasteiger partial charge on any atom is -0.335 e. The Bertz CT molecular complexity index is 994. The number of nitrogens with one attached hydrogen (secondary N) is 1. The molecule has 0 saturated carbocycles. The van der Waals surface area contributed by atoms with Crippen molar-refractivity contribution in [1.29, 1.82) is 0 Å². The fourth-order valence-corrected chi connectivity index (χ4v) is 3.73. The normalized spacial score (nSPS) is 14.2. The number of rotatable bonds is 3. The number of aromatic amines is 1. The molecule has 142 valence electrons. The molecule has 4 rings (SSSR count). The first-order valence-corrected chi connectivity index (χ1v) is 9.86. The summed E-state index contributed by atoms with van der Waals surface area (Å²) in [6.45, 7) is 2.00. The highest BCUT2D eigenvalue weighted by Gasteiger charge is 2.27. The summed E-state index contributed by atoms with van der Waals surface area (Å²) in [7, 11) is 0. The molecule has 28 heavy (non-hydrogen) atoms. The number of hydrogen-bond donors (Lipinski definition) is 1. The van der Waals surface area contributed by atoms with Crippen LogP contribution >= 0.6 is 15.9 Å². The molecule has 1 aromatic heterocycles. The van der Waals surface area contributed by atoms with Gasteiger partial charge in [-0.1, -0.05) is 42.5 Å². The molecule has 2 amide bonds. The van der Waals surface area contributed by atoms with Crippen molar-refractivity contribution in [2.24, 2.45) is 0 Å². The lowest BCUT2D eigenvalue weighted by atomic mass is 10.1. The van der Waals surface area contributed by atoms with Gasteiger partial charge in [0.25, 0.3) is 11.8 Å². The Morgan fingerprint density at radius 3 is 2.14 bits per heavy atom. The number of amides is 2. The first-order valence-electron chi connectivity index (χ1n) is 9.07. The Morgan fingerprint density at radius 2 is 1.46 bits per heavy atom. The van der Waals surface area contributed by atoms with Crippen LogP contribution < -0.4 is 0 Å². The second-order valence-corrected chi connectivity index (χ2v) is 7.45. The molecule has 1 N–H and O–H groups in total. The average Bonchev–Trinajstić information content (AvgIpc) is 3.24. The van der Waals surface area contributed by atoms with Gasteiger partial charge in [0, 0.05) is 36.2 Å². The maximum atomic E-state index is 12.8. The second kappa shape index (κ2) is 7.98. The highest BCUT2D eigenvalue weighted by molar-refractivity contribution is 9.10. The molecule has 0 bridgehead atoms. The molecule has 0 unspecified atom stereocenters. The second-order valence-electron chi connectivity index (χ2n) is 6.60. The number of carbonyl (C=O) groups excluding carboxylic acids is 2. The van der Waals surface area contributed by atoms with Gasteiger partial charge in [0.2, 0.25) is 0 Å². The maximum absolute atomic E-state index is 12.8. The highest BCUT2D eigenvalue weighted by atomic mass is 79.9. The molecule has 2 aromatic carbocycles. The van der Waals surface area contributed by atoms with Gasteiger partial charge in [-0.15, -0.1) is 0 Å². The lowest BCUT2D eigenvalue weighted by molar-refractivity contribution is 0.0532. The standard InChI is InChI=1S/C21H19BrN4O2/c22-17-9-5-4-8-16(17)20(27)25-10-12-26(13-11-25)21(28)19-14-18(23-24-19)15-6-2-1-3-7-15/h1-9,14H,10-13H2,(H,23,24). The molecule has 2 heterocycles. The third kappa shape index (κ3) is 3.71. The zero-order valence-electron chi connectivity index (χ0n) is 15.1. The van der Waals surface area contributed by atoms with E-state index in [-0.39, 0.29) is 11.8 Å². The van der Waals surface area contributed by atoms with Crippen LogP contribution in [0.3, 0.4) is 0 Å². The van der Waals surface area contributed by atoms with E-state index in [2.05, 4.69) is 26.1 Å². The van der Waals surface area contributed by atoms with Crippen LogP contribution in [0, 0.1) is 0 Å². The topological polar surface area (TPSA) is 69.3 Å². The van der Waals surface area contributed by atoms with Crippen molar-refractivity contribution in [3.63, 3.8) is 0 Å². The molecule has 0 radical (unpaired) electrons. The molecule has 7 heteroatoms. The third-order valence-electron chi connectivity index (χ3n) is 4.84.